The van der Waals surface area contributed by atoms with E-state index in [4.69, 9.17) is 0 Å². The van der Waals surface area contributed by atoms with E-state index in [1.807, 2.05) is 19.0 Å². The highest BCUT2D eigenvalue weighted by Gasteiger charge is 2.15. The first-order valence-corrected chi connectivity index (χ1v) is 4.13. The summed E-state index contributed by atoms with van der Waals surface area (Å²) in [6, 6.07) is 0. The molecule has 1 aliphatic heterocycles. The lowest BCUT2D eigenvalue weighted by atomic mass is 10.4. The summed E-state index contributed by atoms with van der Waals surface area (Å²) in [7, 11) is 3.96. The predicted octanol–water partition coefficient (Wildman–Crippen LogP) is 0.160. The second-order valence-electron chi connectivity index (χ2n) is 3.15. The first-order chi connectivity index (χ1) is 5.79. The number of aromatic nitrogens is 3. The van der Waals surface area contributed by atoms with Crippen LogP contribution in [0.25, 0.3) is 0 Å². The van der Waals surface area contributed by atoms with Crippen LogP contribution in [-0.4, -0.2) is 35.4 Å². The number of fused-ring (bicyclic) bond motifs is 1. The van der Waals surface area contributed by atoms with Crippen LogP contribution in [0.1, 0.15) is 6.42 Å². The van der Waals surface area contributed by atoms with Crippen LogP contribution in [0.3, 0.4) is 0 Å². The molecule has 0 bridgehead atoms. The predicted molar refractivity (Wildman–Crippen MR) is 47.5 cm³/mol. The van der Waals surface area contributed by atoms with Crippen molar-refractivity contribution in [3.05, 3.63) is 0 Å². The molecule has 1 aromatic rings. The van der Waals surface area contributed by atoms with Gasteiger partial charge in [0.1, 0.15) is 0 Å². The van der Waals surface area contributed by atoms with Gasteiger partial charge in [0.2, 0.25) is 11.9 Å². The van der Waals surface area contributed by atoms with Gasteiger partial charge in [-0.2, -0.15) is 0 Å². The third kappa shape index (κ3) is 1.01. The van der Waals surface area contributed by atoms with E-state index in [1.54, 1.807) is 0 Å². The number of rotatable bonds is 1. The van der Waals surface area contributed by atoms with Gasteiger partial charge in [0.05, 0.1) is 0 Å². The molecule has 1 aromatic heterocycles. The first kappa shape index (κ1) is 7.39. The molecule has 2 rings (SSSR count). The van der Waals surface area contributed by atoms with Crippen LogP contribution in [0.4, 0.5) is 11.9 Å². The van der Waals surface area contributed by atoms with Crippen molar-refractivity contribution in [2.24, 2.45) is 0 Å². The van der Waals surface area contributed by atoms with Crippen molar-refractivity contribution in [3.63, 3.8) is 0 Å². The monoisotopic (exact) mass is 167 g/mol. The molecule has 0 atom stereocenters. The second-order valence-corrected chi connectivity index (χ2v) is 3.15. The lowest BCUT2D eigenvalue weighted by molar-refractivity contribution is 0.624. The normalized spacial score (nSPS) is 15.2. The largest absolute Gasteiger partial charge is 0.354 e. The second kappa shape index (κ2) is 2.66. The van der Waals surface area contributed by atoms with E-state index in [2.05, 4.69) is 20.1 Å². The standard InChI is InChI=1S/C7H13N5/c1-11(2)7-10-9-6-8-4-3-5-12(6)7/h3-5H2,1-2H3,(H,8,9). The Balaban J connectivity index is 2.38. The highest BCUT2D eigenvalue weighted by atomic mass is 15.4. The third-order valence-corrected chi connectivity index (χ3v) is 1.97. The number of anilines is 2. The smallest absolute Gasteiger partial charge is 0.228 e. The van der Waals surface area contributed by atoms with Crippen LogP contribution in [0.5, 0.6) is 0 Å². The quantitative estimate of drug-likeness (QED) is 0.647. The van der Waals surface area contributed by atoms with Gasteiger partial charge in [-0.15, -0.1) is 10.2 Å². The summed E-state index contributed by atoms with van der Waals surface area (Å²) in [6.07, 6.45) is 1.14. The van der Waals surface area contributed by atoms with Crippen LogP contribution in [0.15, 0.2) is 0 Å². The summed E-state index contributed by atoms with van der Waals surface area (Å²) in [5, 5.41) is 11.3. The summed E-state index contributed by atoms with van der Waals surface area (Å²) in [4.78, 5) is 1.98. The van der Waals surface area contributed by atoms with Crippen LogP contribution in [-0.2, 0) is 6.54 Å². The third-order valence-electron chi connectivity index (χ3n) is 1.97. The molecule has 1 aliphatic rings. The van der Waals surface area contributed by atoms with Gasteiger partial charge < -0.3 is 10.2 Å². The topological polar surface area (TPSA) is 46.0 Å². The zero-order valence-electron chi connectivity index (χ0n) is 7.41. The molecule has 2 heterocycles. The summed E-state index contributed by atoms with van der Waals surface area (Å²) in [5.41, 5.74) is 0. The minimum atomic E-state index is 0.893. The molecule has 0 saturated heterocycles. The lowest BCUT2D eigenvalue weighted by Gasteiger charge is -2.18. The van der Waals surface area contributed by atoms with E-state index in [0.29, 0.717) is 0 Å². The van der Waals surface area contributed by atoms with E-state index >= 15 is 0 Å². The molecule has 5 heteroatoms. The van der Waals surface area contributed by atoms with Crippen LogP contribution < -0.4 is 10.2 Å². The van der Waals surface area contributed by atoms with E-state index in [9.17, 15) is 0 Å². The van der Waals surface area contributed by atoms with Gasteiger partial charge in [0, 0.05) is 27.2 Å². The molecule has 0 amide bonds. The summed E-state index contributed by atoms with van der Waals surface area (Å²) in [6.45, 7) is 2.02. The van der Waals surface area contributed by atoms with Crippen molar-refractivity contribution in [1.82, 2.24) is 14.8 Å². The Kier molecular flexibility index (Phi) is 1.64. The molecule has 0 aliphatic carbocycles. The van der Waals surface area contributed by atoms with Crippen molar-refractivity contribution < 1.29 is 0 Å². The average molecular weight is 167 g/mol. The Morgan fingerprint density at radius 3 is 3.00 bits per heavy atom. The Hall–Kier alpha value is -1.26. The van der Waals surface area contributed by atoms with Crippen molar-refractivity contribution >= 4 is 11.9 Å². The molecular weight excluding hydrogens is 154 g/mol. The highest BCUT2D eigenvalue weighted by Crippen LogP contribution is 2.18. The van der Waals surface area contributed by atoms with Crippen molar-refractivity contribution in [1.29, 1.82) is 0 Å². The van der Waals surface area contributed by atoms with Crippen molar-refractivity contribution in [2.75, 3.05) is 30.9 Å². The fourth-order valence-electron chi connectivity index (χ4n) is 1.40. The van der Waals surface area contributed by atoms with Crippen molar-refractivity contribution in [2.45, 2.75) is 13.0 Å². The average Bonchev–Trinajstić information content (AvgIpc) is 2.47. The minimum absolute atomic E-state index is 0.893. The minimum Gasteiger partial charge on any atom is -0.354 e. The van der Waals surface area contributed by atoms with E-state index in [-0.39, 0.29) is 0 Å². The Bertz CT molecular complexity index is 277. The zero-order valence-corrected chi connectivity index (χ0v) is 7.41. The maximum atomic E-state index is 4.07. The molecule has 5 nitrogen and oxygen atoms in total. The number of nitrogens with one attached hydrogen (secondary N) is 1. The molecule has 0 aromatic carbocycles. The van der Waals surface area contributed by atoms with Gasteiger partial charge in [-0.3, -0.25) is 4.57 Å². The van der Waals surface area contributed by atoms with Gasteiger partial charge >= 0.3 is 0 Å². The number of hydrogen-bond donors (Lipinski definition) is 1. The molecule has 0 radical (unpaired) electrons. The molecule has 0 fully saturated rings. The fraction of sp³-hybridized carbons (Fsp3) is 0.714. The van der Waals surface area contributed by atoms with E-state index in [1.165, 1.54) is 0 Å². The van der Waals surface area contributed by atoms with Crippen LogP contribution in [0, 0.1) is 0 Å². The van der Waals surface area contributed by atoms with E-state index in [0.717, 1.165) is 31.4 Å². The molecular formula is C7H13N5. The maximum absolute atomic E-state index is 4.07. The Morgan fingerprint density at radius 1 is 1.42 bits per heavy atom. The van der Waals surface area contributed by atoms with Gasteiger partial charge in [-0.1, -0.05) is 0 Å². The lowest BCUT2D eigenvalue weighted by Crippen LogP contribution is -2.21. The molecule has 0 saturated carbocycles. The SMILES string of the molecule is CN(C)c1nnc2n1CCCN2. The van der Waals surface area contributed by atoms with Gasteiger partial charge in [0.15, 0.2) is 0 Å². The molecule has 12 heavy (non-hydrogen) atoms. The number of hydrogen-bond acceptors (Lipinski definition) is 4. The molecule has 1 N–H and O–H groups in total. The fourth-order valence-corrected chi connectivity index (χ4v) is 1.40. The number of nitrogens with zero attached hydrogens (tertiary/aromatic N) is 4. The first-order valence-electron chi connectivity index (χ1n) is 4.13. The summed E-state index contributed by atoms with van der Waals surface area (Å²) < 4.78 is 2.10. The van der Waals surface area contributed by atoms with Gasteiger partial charge in [0.25, 0.3) is 0 Å². The van der Waals surface area contributed by atoms with Gasteiger partial charge in [-0.05, 0) is 6.42 Å². The van der Waals surface area contributed by atoms with Crippen molar-refractivity contribution in [3.8, 4) is 0 Å². The Labute approximate surface area is 71.4 Å². The van der Waals surface area contributed by atoms with Gasteiger partial charge in [-0.25, -0.2) is 0 Å². The summed E-state index contributed by atoms with van der Waals surface area (Å²) in [5.74, 6) is 1.82. The molecule has 0 spiro atoms. The zero-order chi connectivity index (χ0) is 8.55. The van der Waals surface area contributed by atoms with Crippen LogP contribution in [0.2, 0.25) is 0 Å². The molecule has 66 valence electrons. The highest BCUT2D eigenvalue weighted by molar-refractivity contribution is 5.39. The Morgan fingerprint density at radius 2 is 2.25 bits per heavy atom. The maximum Gasteiger partial charge on any atom is 0.228 e. The molecule has 0 unspecified atom stereocenters. The van der Waals surface area contributed by atoms with E-state index < -0.39 is 0 Å². The van der Waals surface area contributed by atoms with Crippen LogP contribution >= 0.6 is 0 Å². The summed E-state index contributed by atoms with van der Waals surface area (Å²) >= 11 is 0.